The summed E-state index contributed by atoms with van der Waals surface area (Å²) < 4.78 is 0. The Hall–Kier alpha value is -2.73. The fourth-order valence-electron chi connectivity index (χ4n) is 3.34. The van der Waals surface area contributed by atoms with Gasteiger partial charge in [-0.15, -0.1) is 0 Å². The van der Waals surface area contributed by atoms with E-state index in [1.165, 1.54) is 0 Å². The maximum absolute atomic E-state index is 12.4. The number of ketones is 1. The molecule has 0 spiro atoms. The van der Waals surface area contributed by atoms with E-state index in [1.54, 1.807) is 24.3 Å². The first-order chi connectivity index (χ1) is 14.8. The highest BCUT2D eigenvalue weighted by atomic mass is 32.1. The number of phenols is 1. The average Bonchev–Trinajstić information content (AvgIpc) is 2.70. The van der Waals surface area contributed by atoms with Crippen molar-refractivity contribution in [3.05, 3.63) is 64.7 Å². The fraction of sp³-hybridized carbons (Fsp3) is 0.423. The Morgan fingerprint density at radius 2 is 1.47 bits per heavy atom. The van der Waals surface area contributed by atoms with E-state index < -0.39 is 0 Å². The SMILES string of the molecule is CC(C)(C)c1cc(CCC(=O)CNC(=S)NC(=O)c2ccccc2)cc(C(C)(C)C)c1O. The highest BCUT2D eigenvalue weighted by Crippen LogP contribution is 2.39. The van der Waals surface area contributed by atoms with Crippen molar-refractivity contribution in [1.29, 1.82) is 0 Å². The van der Waals surface area contributed by atoms with Crippen LogP contribution in [0.3, 0.4) is 0 Å². The van der Waals surface area contributed by atoms with E-state index in [9.17, 15) is 14.7 Å². The van der Waals surface area contributed by atoms with Gasteiger partial charge in [0.05, 0.1) is 6.54 Å². The molecule has 0 atom stereocenters. The number of thiocarbonyl (C=S) groups is 1. The molecule has 0 fully saturated rings. The van der Waals surface area contributed by atoms with Gasteiger partial charge in [0, 0.05) is 12.0 Å². The summed E-state index contributed by atoms with van der Waals surface area (Å²) in [5.41, 5.74) is 2.86. The van der Waals surface area contributed by atoms with Crippen LogP contribution in [0.1, 0.15) is 75.0 Å². The Morgan fingerprint density at radius 1 is 0.938 bits per heavy atom. The first-order valence-electron chi connectivity index (χ1n) is 10.8. The molecule has 0 saturated carbocycles. The van der Waals surface area contributed by atoms with Crippen LogP contribution in [0.2, 0.25) is 0 Å². The zero-order valence-electron chi connectivity index (χ0n) is 19.8. The lowest BCUT2D eigenvalue weighted by Crippen LogP contribution is -2.41. The van der Waals surface area contributed by atoms with Crippen molar-refractivity contribution in [3.8, 4) is 5.75 Å². The quantitative estimate of drug-likeness (QED) is 0.547. The zero-order valence-corrected chi connectivity index (χ0v) is 20.7. The molecular weight excluding hydrogens is 420 g/mol. The first kappa shape index (κ1) is 25.5. The molecule has 5 nitrogen and oxygen atoms in total. The van der Waals surface area contributed by atoms with Crippen molar-refractivity contribution < 1.29 is 14.7 Å². The number of nitrogens with one attached hydrogen (secondary N) is 2. The molecule has 2 aromatic rings. The molecular formula is C26H34N2O3S. The minimum Gasteiger partial charge on any atom is -0.507 e. The van der Waals surface area contributed by atoms with E-state index in [4.69, 9.17) is 12.2 Å². The molecule has 32 heavy (non-hydrogen) atoms. The van der Waals surface area contributed by atoms with Crippen LogP contribution in [0.5, 0.6) is 5.75 Å². The summed E-state index contributed by atoms with van der Waals surface area (Å²) in [5.74, 6) is 0.00862. The smallest absolute Gasteiger partial charge is 0.257 e. The monoisotopic (exact) mass is 454 g/mol. The minimum atomic E-state index is -0.316. The molecule has 0 aromatic heterocycles. The summed E-state index contributed by atoms with van der Waals surface area (Å²) in [6.07, 6.45) is 0.899. The van der Waals surface area contributed by atoms with E-state index in [-0.39, 0.29) is 34.2 Å². The average molecular weight is 455 g/mol. The van der Waals surface area contributed by atoms with Crippen molar-refractivity contribution in [2.75, 3.05) is 6.54 Å². The molecule has 2 rings (SSSR count). The van der Waals surface area contributed by atoms with Crippen LogP contribution >= 0.6 is 12.2 Å². The summed E-state index contributed by atoms with van der Waals surface area (Å²) in [6.45, 7) is 12.5. The Kier molecular flexibility index (Phi) is 8.18. The van der Waals surface area contributed by atoms with Gasteiger partial charge in [-0.2, -0.15) is 0 Å². The predicted molar refractivity (Wildman–Crippen MR) is 133 cm³/mol. The minimum absolute atomic E-state index is 0.0102. The van der Waals surface area contributed by atoms with Crippen LogP contribution in [0, 0.1) is 0 Å². The van der Waals surface area contributed by atoms with Crippen molar-refractivity contribution in [3.63, 3.8) is 0 Å². The van der Waals surface area contributed by atoms with Crippen LogP contribution in [-0.2, 0) is 22.0 Å². The lowest BCUT2D eigenvalue weighted by molar-refractivity contribution is -0.118. The van der Waals surface area contributed by atoms with Crippen LogP contribution in [0.25, 0.3) is 0 Å². The third-order valence-corrected chi connectivity index (χ3v) is 5.43. The number of carbonyl (C=O) groups excluding carboxylic acids is 2. The Bertz CT molecular complexity index is 951. The van der Waals surface area contributed by atoms with Gasteiger partial charge < -0.3 is 10.4 Å². The molecule has 0 aliphatic carbocycles. The Morgan fingerprint density at radius 3 is 1.97 bits per heavy atom. The summed E-state index contributed by atoms with van der Waals surface area (Å²) in [7, 11) is 0. The third kappa shape index (κ3) is 7.16. The van der Waals surface area contributed by atoms with E-state index in [2.05, 4.69) is 52.2 Å². The Balaban J connectivity index is 1.97. The van der Waals surface area contributed by atoms with E-state index in [0.717, 1.165) is 16.7 Å². The van der Waals surface area contributed by atoms with Crippen molar-refractivity contribution in [2.45, 2.75) is 65.2 Å². The van der Waals surface area contributed by atoms with Gasteiger partial charge in [-0.05, 0) is 58.3 Å². The molecule has 0 aliphatic heterocycles. The molecule has 6 heteroatoms. The molecule has 0 bridgehead atoms. The van der Waals surface area contributed by atoms with Crippen molar-refractivity contribution >= 4 is 29.0 Å². The van der Waals surface area contributed by atoms with Crippen LogP contribution in [-0.4, -0.2) is 28.5 Å². The number of aromatic hydroxyl groups is 1. The lowest BCUT2D eigenvalue weighted by atomic mass is 9.78. The topological polar surface area (TPSA) is 78.4 Å². The summed E-state index contributed by atoms with van der Waals surface area (Å²) >= 11 is 5.13. The molecule has 3 N–H and O–H groups in total. The van der Waals surface area contributed by atoms with Gasteiger partial charge in [0.25, 0.3) is 5.91 Å². The summed E-state index contributed by atoms with van der Waals surface area (Å²) in [4.78, 5) is 24.5. The highest BCUT2D eigenvalue weighted by Gasteiger charge is 2.26. The largest absolute Gasteiger partial charge is 0.507 e. The number of aryl methyl sites for hydroxylation is 1. The summed E-state index contributed by atoms with van der Waals surface area (Å²) in [6, 6.07) is 12.8. The van der Waals surface area contributed by atoms with Crippen molar-refractivity contribution in [1.82, 2.24) is 10.6 Å². The van der Waals surface area contributed by atoms with Crippen LogP contribution in [0.4, 0.5) is 0 Å². The van der Waals surface area contributed by atoms with E-state index in [0.29, 0.717) is 24.2 Å². The van der Waals surface area contributed by atoms with Crippen LogP contribution in [0.15, 0.2) is 42.5 Å². The highest BCUT2D eigenvalue weighted by molar-refractivity contribution is 7.80. The summed E-state index contributed by atoms with van der Waals surface area (Å²) in [5, 5.41) is 16.4. The fourth-order valence-corrected chi connectivity index (χ4v) is 3.51. The normalized spacial score (nSPS) is 11.7. The number of hydrogen-bond donors (Lipinski definition) is 3. The molecule has 0 radical (unpaired) electrons. The van der Waals surface area contributed by atoms with E-state index >= 15 is 0 Å². The van der Waals surface area contributed by atoms with Gasteiger partial charge in [-0.1, -0.05) is 71.9 Å². The maximum Gasteiger partial charge on any atom is 0.257 e. The number of hydrogen-bond acceptors (Lipinski definition) is 4. The predicted octanol–water partition coefficient (Wildman–Crippen LogP) is 4.79. The van der Waals surface area contributed by atoms with E-state index in [1.807, 2.05) is 18.2 Å². The molecule has 0 saturated heterocycles. The van der Waals surface area contributed by atoms with Gasteiger partial charge in [0.15, 0.2) is 10.9 Å². The first-order valence-corrected chi connectivity index (χ1v) is 11.2. The van der Waals surface area contributed by atoms with Gasteiger partial charge in [-0.25, -0.2) is 0 Å². The molecule has 0 heterocycles. The number of Topliss-reactive ketones (excluding diaryl/α,β-unsaturated/α-hetero) is 1. The molecule has 1 amide bonds. The third-order valence-electron chi connectivity index (χ3n) is 5.19. The Labute approximate surface area is 196 Å². The number of phenolic OH excluding ortho intramolecular Hbond substituents is 1. The second kappa shape index (κ2) is 10.3. The molecule has 2 aromatic carbocycles. The second-order valence-electron chi connectivity index (χ2n) is 10.1. The number of benzene rings is 2. The number of amides is 1. The van der Waals surface area contributed by atoms with Gasteiger partial charge >= 0.3 is 0 Å². The van der Waals surface area contributed by atoms with Gasteiger partial charge in [-0.3, -0.25) is 14.9 Å². The lowest BCUT2D eigenvalue weighted by Gasteiger charge is -2.28. The zero-order chi connectivity index (χ0) is 24.1. The number of rotatable bonds is 6. The second-order valence-corrected chi connectivity index (χ2v) is 10.5. The van der Waals surface area contributed by atoms with Gasteiger partial charge in [0.2, 0.25) is 0 Å². The standard InChI is InChI=1S/C26H34N2O3S/c1-25(2,3)20-14-17(15-21(22(20)30)26(4,5)6)12-13-19(29)16-27-24(32)28-23(31)18-10-8-7-9-11-18/h7-11,14-15,30H,12-13,16H2,1-6H3,(H2,27,28,31,32). The molecule has 0 aliphatic rings. The van der Waals surface area contributed by atoms with Crippen LogP contribution < -0.4 is 10.6 Å². The van der Waals surface area contributed by atoms with Gasteiger partial charge in [0.1, 0.15) is 5.75 Å². The maximum atomic E-state index is 12.4. The van der Waals surface area contributed by atoms with Crippen molar-refractivity contribution in [2.24, 2.45) is 0 Å². The number of carbonyl (C=O) groups is 2. The molecule has 0 unspecified atom stereocenters. The molecule has 172 valence electrons.